The largest absolute Gasteiger partial charge is 0.378 e. The number of carbonyl (C=O) groups is 1. The van der Waals surface area contributed by atoms with Gasteiger partial charge in [-0.2, -0.15) is 0 Å². The highest BCUT2D eigenvalue weighted by atomic mass is 16.5. The van der Waals surface area contributed by atoms with E-state index in [4.69, 9.17) is 14.2 Å². The molecular formula is C23H26N6O3. The average Bonchev–Trinajstić information content (AvgIpc) is 3.30. The summed E-state index contributed by atoms with van der Waals surface area (Å²) in [5.74, 6) is 1.46. The minimum absolute atomic E-state index is 0.0246. The smallest absolute Gasteiger partial charge is 0.253 e. The van der Waals surface area contributed by atoms with E-state index in [2.05, 4.69) is 20.0 Å². The molecular weight excluding hydrogens is 408 g/mol. The maximum atomic E-state index is 13.1. The van der Waals surface area contributed by atoms with Gasteiger partial charge in [0.05, 0.1) is 30.2 Å². The molecule has 0 saturated carbocycles. The zero-order valence-corrected chi connectivity index (χ0v) is 18.1. The van der Waals surface area contributed by atoms with E-state index < -0.39 is 0 Å². The highest BCUT2D eigenvalue weighted by molar-refractivity contribution is 5.94. The van der Waals surface area contributed by atoms with Gasteiger partial charge in [0.2, 0.25) is 5.95 Å². The second-order valence-electron chi connectivity index (χ2n) is 8.23. The van der Waals surface area contributed by atoms with Gasteiger partial charge in [0, 0.05) is 62.3 Å². The highest BCUT2D eigenvalue weighted by Crippen LogP contribution is 2.34. The molecule has 0 spiro atoms. The molecule has 9 nitrogen and oxygen atoms in total. The number of ether oxygens (including phenoxy) is 1. The van der Waals surface area contributed by atoms with Crippen molar-refractivity contribution in [3.05, 3.63) is 53.7 Å². The van der Waals surface area contributed by atoms with E-state index in [1.807, 2.05) is 24.1 Å². The van der Waals surface area contributed by atoms with Crippen molar-refractivity contribution in [3.63, 3.8) is 0 Å². The van der Waals surface area contributed by atoms with E-state index in [0.717, 1.165) is 49.4 Å². The van der Waals surface area contributed by atoms with Crippen molar-refractivity contribution < 1.29 is 14.1 Å². The molecule has 0 radical (unpaired) electrons. The van der Waals surface area contributed by atoms with Gasteiger partial charge in [-0.05, 0) is 31.9 Å². The number of hydrogen-bond acceptors (Lipinski definition) is 8. The first kappa shape index (κ1) is 20.6. The Hall–Kier alpha value is -3.33. The van der Waals surface area contributed by atoms with E-state index in [0.29, 0.717) is 37.0 Å². The molecule has 9 heteroatoms. The van der Waals surface area contributed by atoms with Gasteiger partial charge in [0.15, 0.2) is 5.76 Å². The van der Waals surface area contributed by atoms with Gasteiger partial charge in [-0.15, -0.1) is 0 Å². The third-order valence-corrected chi connectivity index (χ3v) is 6.02. The third kappa shape index (κ3) is 4.20. The lowest BCUT2D eigenvalue weighted by Crippen LogP contribution is -2.40. The molecule has 0 bridgehead atoms. The molecule has 166 valence electrons. The van der Waals surface area contributed by atoms with Gasteiger partial charge in [-0.3, -0.25) is 9.78 Å². The van der Waals surface area contributed by atoms with E-state index in [-0.39, 0.29) is 11.8 Å². The van der Waals surface area contributed by atoms with Crippen molar-refractivity contribution in [3.8, 4) is 11.3 Å². The maximum absolute atomic E-state index is 13.1. The number of carbonyl (C=O) groups excluding carboxylic acids is 1. The quantitative estimate of drug-likeness (QED) is 0.618. The van der Waals surface area contributed by atoms with Crippen LogP contribution in [0.25, 0.3) is 11.3 Å². The molecule has 0 N–H and O–H groups in total. The summed E-state index contributed by atoms with van der Waals surface area (Å²) in [6.45, 7) is 6.08. The number of likely N-dealkylation sites (tertiary alicyclic amines) is 1. The Kier molecular flexibility index (Phi) is 5.81. The predicted molar refractivity (Wildman–Crippen MR) is 117 cm³/mol. The first-order chi connectivity index (χ1) is 15.7. The van der Waals surface area contributed by atoms with Gasteiger partial charge in [0.1, 0.15) is 0 Å². The normalized spacial score (nSPS) is 19.2. The fourth-order valence-corrected chi connectivity index (χ4v) is 4.35. The Morgan fingerprint density at radius 1 is 1.16 bits per heavy atom. The van der Waals surface area contributed by atoms with E-state index in [1.54, 1.807) is 24.5 Å². The summed E-state index contributed by atoms with van der Waals surface area (Å²) >= 11 is 0. The van der Waals surface area contributed by atoms with Crippen LogP contribution in [0.15, 0.2) is 41.3 Å². The number of rotatable bonds is 4. The van der Waals surface area contributed by atoms with Crippen molar-refractivity contribution in [2.75, 3.05) is 44.3 Å². The van der Waals surface area contributed by atoms with Crippen LogP contribution in [0.4, 0.5) is 5.95 Å². The van der Waals surface area contributed by atoms with E-state index in [1.165, 1.54) is 0 Å². The Morgan fingerprint density at radius 3 is 2.72 bits per heavy atom. The number of piperidine rings is 1. The topological polar surface area (TPSA) is 97.5 Å². The van der Waals surface area contributed by atoms with Crippen LogP contribution >= 0.6 is 0 Å². The SMILES string of the molecule is Cc1cc(-c2cnc(N3CCOCC3)nc2C2CCCN(C(=O)c3ccncc3)C2)on1. The highest BCUT2D eigenvalue weighted by Gasteiger charge is 2.30. The molecule has 2 aliphatic rings. The van der Waals surface area contributed by atoms with Gasteiger partial charge >= 0.3 is 0 Å². The van der Waals surface area contributed by atoms with Crippen LogP contribution < -0.4 is 4.90 Å². The molecule has 3 aromatic rings. The number of nitrogens with zero attached hydrogens (tertiary/aromatic N) is 6. The molecule has 3 aromatic heterocycles. The zero-order chi connectivity index (χ0) is 21.9. The van der Waals surface area contributed by atoms with Crippen molar-refractivity contribution in [2.45, 2.75) is 25.7 Å². The van der Waals surface area contributed by atoms with Crippen LogP contribution in [0.2, 0.25) is 0 Å². The first-order valence-corrected chi connectivity index (χ1v) is 11.0. The standard InChI is InChI=1S/C23H26N6O3/c1-16-13-20(32-27-16)19-14-25-23(28-9-11-31-12-10-28)26-21(19)18-3-2-8-29(15-18)22(30)17-4-6-24-7-5-17/h4-7,13-14,18H,2-3,8-12,15H2,1H3. The van der Waals surface area contributed by atoms with Crippen LogP contribution in [0.3, 0.4) is 0 Å². The summed E-state index contributed by atoms with van der Waals surface area (Å²) in [6.07, 6.45) is 6.99. The molecule has 1 amide bonds. The lowest BCUT2D eigenvalue weighted by molar-refractivity contribution is 0.0706. The summed E-state index contributed by atoms with van der Waals surface area (Å²) in [7, 11) is 0. The summed E-state index contributed by atoms with van der Waals surface area (Å²) in [5.41, 5.74) is 3.21. The second kappa shape index (κ2) is 9.04. The first-order valence-electron chi connectivity index (χ1n) is 11.0. The molecule has 2 aliphatic heterocycles. The van der Waals surface area contributed by atoms with Gasteiger partial charge in [-0.25, -0.2) is 9.97 Å². The number of morpholine rings is 1. The molecule has 1 atom stereocenters. The van der Waals surface area contributed by atoms with Crippen molar-refractivity contribution in [1.82, 2.24) is 25.0 Å². The Morgan fingerprint density at radius 2 is 1.97 bits per heavy atom. The molecule has 0 aromatic carbocycles. The summed E-state index contributed by atoms with van der Waals surface area (Å²) in [4.78, 5) is 30.8. The van der Waals surface area contributed by atoms with Gasteiger partial charge in [0.25, 0.3) is 5.91 Å². The number of amides is 1. The molecule has 32 heavy (non-hydrogen) atoms. The van der Waals surface area contributed by atoms with Crippen molar-refractivity contribution in [1.29, 1.82) is 0 Å². The number of hydrogen-bond donors (Lipinski definition) is 0. The number of aryl methyl sites for hydroxylation is 1. The van der Waals surface area contributed by atoms with Crippen molar-refractivity contribution >= 4 is 11.9 Å². The lowest BCUT2D eigenvalue weighted by Gasteiger charge is -2.34. The number of anilines is 1. The second-order valence-corrected chi connectivity index (χ2v) is 8.23. The fraction of sp³-hybridized carbons (Fsp3) is 0.435. The average molecular weight is 435 g/mol. The third-order valence-electron chi connectivity index (χ3n) is 6.02. The molecule has 5 rings (SSSR count). The van der Waals surface area contributed by atoms with Crippen LogP contribution in [0.5, 0.6) is 0 Å². The van der Waals surface area contributed by atoms with E-state index in [9.17, 15) is 4.79 Å². The monoisotopic (exact) mass is 434 g/mol. The predicted octanol–water partition coefficient (Wildman–Crippen LogP) is 2.69. The Labute approximate surface area is 186 Å². The molecule has 5 heterocycles. The lowest BCUT2D eigenvalue weighted by atomic mass is 9.91. The van der Waals surface area contributed by atoms with Crippen LogP contribution in [0.1, 0.15) is 40.5 Å². The number of aromatic nitrogens is 4. The minimum atomic E-state index is 0.0246. The van der Waals surface area contributed by atoms with Crippen LogP contribution in [0, 0.1) is 6.92 Å². The van der Waals surface area contributed by atoms with Crippen molar-refractivity contribution in [2.24, 2.45) is 0 Å². The van der Waals surface area contributed by atoms with Crippen LogP contribution in [-0.4, -0.2) is 70.3 Å². The fourth-order valence-electron chi connectivity index (χ4n) is 4.35. The maximum Gasteiger partial charge on any atom is 0.253 e. The minimum Gasteiger partial charge on any atom is -0.378 e. The Balaban J connectivity index is 1.47. The van der Waals surface area contributed by atoms with E-state index >= 15 is 0 Å². The molecule has 1 unspecified atom stereocenters. The Bertz CT molecular complexity index is 1080. The number of pyridine rings is 1. The van der Waals surface area contributed by atoms with Gasteiger partial charge in [-0.1, -0.05) is 5.16 Å². The molecule has 2 fully saturated rings. The summed E-state index contributed by atoms with van der Waals surface area (Å²) in [5, 5.41) is 4.05. The molecule has 2 saturated heterocycles. The zero-order valence-electron chi connectivity index (χ0n) is 18.1. The summed E-state index contributed by atoms with van der Waals surface area (Å²) in [6, 6.07) is 5.42. The molecule has 0 aliphatic carbocycles. The van der Waals surface area contributed by atoms with Crippen LogP contribution in [-0.2, 0) is 4.74 Å². The van der Waals surface area contributed by atoms with Gasteiger partial charge < -0.3 is 19.1 Å². The summed E-state index contributed by atoms with van der Waals surface area (Å²) < 4.78 is 11.0.